The van der Waals surface area contributed by atoms with Crippen molar-refractivity contribution < 1.29 is 19.0 Å². The summed E-state index contributed by atoms with van der Waals surface area (Å²) in [6.07, 6.45) is 0. The molecule has 0 bridgehead atoms. The van der Waals surface area contributed by atoms with E-state index in [0.717, 1.165) is 6.07 Å². The van der Waals surface area contributed by atoms with Gasteiger partial charge in [-0.2, -0.15) is 0 Å². The summed E-state index contributed by atoms with van der Waals surface area (Å²) >= 11 is 0. The SMILES string of the molecule is COC(=O)c1cc([C@@](C)(N)CO)ccc1F. The molecule has 0 saturated heterocycles. The predicted molar refractivity (Wildman–Crippen MR) is 56.4 cm³/mol. The van der Waals surface area contributed by atoms with Crippen molar-refractivity contribution in [1.29, 1.82) is 0 Å². The van der Waals surface area contributed by atoms with Crippen LogP contribution in [0.5, 0.6) is 0 Å². The zero-order valence-electron chi connectivity index (χ0n) is 9.16. The lowest BCUT2D eigenvalue weighted by Crippen LogP contribution is -2.37. The first-order chi connectivity index (χ1) is 7.42. The molecule has 0 aromatic heterocycles. The summed E-state index contributed by atoms with van der Waals surface area (Å²) in [6, 6.07) is 3.84. The summed E-state index contributed by atoms with van der Waals surface area (Å²) in [6.45, 7) is 1.28. The van der Waals surface area contributed by atoms with Gasteiger partial charge in [-0.15, -0.1) is 0 Å². The quantitative estimate of drug-likeness (QED) is 0.748. The van der Waals surface area contributed by atoms with E-state index in [1.807, 2.05) is 0 Å². The lowest BCUT2D eigenvalue weighted by Gasteiger charge is -2.22. The normalized spacial score (nSPS) is 14.3. The summed E-state index contributed by atoms with van der Waals surface area (Å²) in [4.78, 5) is 11.2. The highest BCUT2D eigenvalue weighted by molar-refractivity contribution is 5.89. The monoisotopic (exact) mass is 227 g/mol. The van der Waals surface area contributed by atoms with Crippen LogP contribution in [0.25, 0.3) is 0 Å². The van der Waals surface area contributed by atoms with E-state index >= 15 is 0 Å². The van der Waals surface area contributed by atoms with Gasteiger partial charge in [-0.3, -0.25) is 0 Å². The van der Waals surface area contributed by atoms with Gasteiger partial charge in [0.2, 0.25) is 0 Å². The predicted octanol–water partition coefficient (Wildman–Crippen LogP) is 0.778. The van der Waals surface area contributed by atoms with Crippen molar-refractivity contribution in [2.75, 3.05) is 13.7 Å². The van der Waals surface area contributed by atoms with Crippen LogP contribution in [-0.4, -0.2) is 24.8 Å². The molecular weight excluding hydrogens is 213 g/mol. The molecule has 0 radical (unpaired) electrons. The highest BCUT2D eigenvalue weighted by Gasteiger charge is 2.23. The molecule has 0 spiro atoms. The zero-order chi connectivity index (χ0) is 12.3. The number of carbonyl (C=O) groups is 1. The molecule has 88 valence electrons. The van der Waals surface area contributed by atoms with E-state index in [1.54, 1.807) is 6.92 Å². The molecule has 0 aliphatic rings. The Morgan fingerprint density at radius 3 is 2.75 bits per heavy atom. The Labute approximate surface area is 92.8 Å². The second-order valence-electron chi connectivity index (χ2n) is 3.76. The van der Waals surface area contributed by atoms with Gasteiger partial charge < -0.3 is 15.6 Å². The Hall–Kier alpha value is -1.46. The van der Waals surface area contributed by atoms with Gasteiger partial charge in [0.1, 0.15) is 5.82 Å². The minimum Gasteiger partial charge on any atom is -0.465 e. The Kier molecular flexibility index (Phi) is 3.62. The van der Waals surface area contributed by atoms with Crippen molar-refractivity contribution in [3.8, 4) is 0 Å². The number of hydrogen-bond donors (Lipinski definition) is 2. The van der Waals surface area contributed by atoms with Gasteiger partial charge in [-0.05, 0) is 24.6 Å². The topological polar surface area (TPSA) is 72.5 Å². The molecule has 0 amide bonds. The maximum atomic E-state index is 13.3. The molecule has 0 fully saturated rings. The molecule has 5 heteroatoms. The van der Waals surface area contributed by atoms with Crippen LogP contribution < -0.4 is 5.73 Å². The van der Waals surface area contributed by atoms with E-state index in [1.165, 1.54) is 19.2 Å². The first-order valence-electron chi connectivity index (χ1n) is 4.70. The number of methoxy groups -OCH3 is 1. The Bertz CT molecular complexity index is 404. The van der Waals surface area contributed by atoms with Crippen molar-refractivity contribution in [2.24, 2.45) is 5.73 Å². The highest BCUT2D eigenvalue weighted by atomic mass is 19.1. The number of carbonyl (C=O) groups excluding carboxylic acids is 1. The second kappa shape index (κ2) is 4.59. The molecule has 0 heterocycles. The number of ether oxygens (including phenoxy) is 1. The van der Waals surface area contributed by atoms with Crippen LogP contribution in [0.3, 0.4) is 0 Å². The molecule has 4 nitrogen and oxygen atoms in total. The fourth-order valence-electron chi connectivity index (χ4n) is 1.24. The van der Waals surface area contributed by atoms with Crippen LogP contribution in [0.15, 0.2) is 18.2 Å². The van der Waals surface area contributed by atoms with Gasteiger partial charge in [0, 0.05) is 0 Å². The molecule has 1 atom stereocenters. The first-order valence-corrected chi connectivity index (χ1v) is 4.70. The van der Waals surface area contributed by atoms with E-state index in [9.17, 15) is 9.18 Å². The number of nitrogens with two attached hydrogens (primary N) is 1. The second-order valence-corrected chi connectivity index (χ2v) is 3.76. The van der Waals surface area contributed by atoms with Gasteiger partial charge in [0.15, 0.2) is 0 Å². The molecule has 0 saturated carbocycles. The highest BCUT2D eigenvalue weighted by Crippen LogP contribution is 2.20. The minimum atomic E-state index is -1.02. The molecule has 3 N–H and O–H groups in total. The largest absolute Gasteiger partial charge is 0.465 e. The van der Waals surface area contributed by atoms with Crippen LogP contribution in [0.2, 0.25) is 0 Å². The lowest BCUT2D eigenvalue weighted by atomic mass is 9.92. The minimum absolute atomic E-state index is 0.190. The van der Waals surface area contributed by atoms with E-state index in [2.05, 4.69) is 4.74 Å². The summed E-state index contributed by atoms with van der Waals surface area (Å²) in [5, 5.41) is 9.07. The number of aliphatic hydroxyl groups is 1. The number of rotatable bonds is 3. The third-order valence-corrected chi connectivity index (χ3v) is 2.36. The molecule has 1 rings (SSSR count). The van der Waals surface area contributed by atoms with Crippen LogP contribution in [0.1, 0.15) is 22.8 Å². The van der Waals surface area contributed by atoms with Crippen molar-refractivity contribution in [3.63, 3.8) is 0 Å². The van der Waals surface area contributed by atoms with Gasteiger partial charge in [-0.1, -0.05) is 6.07 Å². The summed E-state index contributed by atoms with van der Waals surface area (Å²) in [7, 11) is 1.17. The maximum absolute atomic E-state index is 13.3. The number of halogens is 1. The van der Waals surface area contributed by atoms with E-state index in [0.29, 0.717) is 5.56 Å². The fourth-order valence-corrected chi connectivity index (χ4v) is 1.24. The molecule has 0 aliphatic heterocycles. The Balaban J connectivity index is 3.22. The van der Waals surface area contributed by atoms with Crippen molar-refractivity contribution in [1.82, 2.24) is 0 Å². The summed E-state index contributed by atoms with van der Waals surface area (Å²) in [5.74, 6) is -1.45. The lowest BCUT2D eigenvalue weighted by molar-refractivity contribution is 0.0595. The third kappa shape index (κ3) is 2.37. The molecular formula is C11H14FNO3. The standard InChI is InChI=1S/C11H14FNO3/c1-11(13,6-14)7-3-4-9(12)8(5-7)10(15)16-2/h3-5,14H,6,13H2,1-2H3/t11-/m0/s1. The molecule has 16 heavy (non-hydrogen) atoms. The van der Waals surface area contributed by atoms with Crippen LogP contribution in [0.4, 0.5) is 4.39 Å². The zero-order valence-corrected chi connectivity index (χ0v) is 9.16. The van der Waals surface area contributed by atoms with Gasteiger partial charge in [-0.25, -0.2) is 9.18 Å². The Morgan fingerprint density at radius 2 is 2.25 bits per heavy atom. The summed E-state index contributed by atoms with van der Waals surface area (Å²) in [5.41, 5.74) is 5.04. The third-order valence-electron chi connectivity index (χ3n) is 2.36. The molecule has 0 aliphatic carbocycles. The van der Waals surface area contributed by atoms with Crippen LogP contribution >= 0.6 is 0 Å². The Morgan fingerprint density at radius 1 is 1.62 bits per heavy atom. The number of esters is 1. The van der Waals surface area contributed by atoms with E-state index < -0.39 is 17.3 Å². The smallest absolute Gasteiger partial charge is 0.340 e. The number of aliphatic hydroxyl groups excluding tert-OH is 1. The summed E-state index contributed by atoms with van der Waals surface area (Å²) < 4.78 is 17.7. The number of benzene rings is 1. The van der Waals surface area contributed by atoms with E-state index in [-0.39, 0.29) is 12.2 Å². The van der Waals surface area contributed by atoms with Gasteiger partial charge in [0.25, 0.3) is 0 Å². The molecule has 0 unspecified atom stereocenters. The van der Waals surface area contributed by atoms with E-state index in [4.69, 9.17) is 10.8 Å². The van der Waals surface area contributed by atoms with Crippen molar-refractivity contribution in [3.05, 3.63) is 35.1 Å². The van der Waals surface area contributed by atoms with Crippen molar-refractivity contribution in [2.45, 2.75) is 12.5 Å². The number of hydrogen-bond acceptors (Lipinski definition) is 4. The molecule has 1 aromatic carbocycles. The average Bonchev–Trinajstić information content (AvgIpc) is 2.28. The molecule has 1 aromatic rings. The first kappa shape index (κ1) is 12.6. The van der Waals surface area contributed by atoms with Gasteiger partial charge >= 0.3 is 5.97 Å². The maximum Gasteiger partial charge on any atom is 0.340 e. The van der Waals surface area contributed by atoms with Crippen molar-refractivity contribution >= 4 is 5.97 Å². The van der Waals surface area contributed by atoms with Crippen LogP contribution in [0, 0.1) is 5.82 Å². The van der Waals surface area contributed by atoms with Gasteiger partial charge in [0.05, 0.1) is 24.8 Å². The fraction of sp³-hybridized carbons (Fsp3) is 0.364. The van der Waals surface area contributed by atoms with Crippen LogP contribution in [-0.2, 0) is 10.3 Å². The average molecular weight is 227 g/mol.